The molecule has 3 aromatic rings. The molecule has 0 unspecified atom stereocenters. The van der Waals surface area contributed by atoms with E-state index in [1.54, 1.807) is 24.3 Å². The van der Waals surface area contributed by atoms with Crippen LogP contribution in [0.2, 0.25) is 5.02 Å². The van der Waals surface area contributed by atoms with Crippen LogP contribution in [0.4, 0.5) is 0 Å². The van der Waals surface area contributed by atoms with E-state index in [1.165, 1.54) is 0 Å². The smallest absolute Gasteiger partial charge is 0.240 e. The summed E-state index contributed by atoms with van der Waals surface area (Å²) in [7, 11) is -3.55. The fourth-order valence-electron chi connectivity index (χ4n) is 2.80. The van der Waals surface area contributed by atoms with Gasteiger partial charge in [0, 0.05) is 23.6 Å². The molecule has 2 N–H and O–H groups in total. The SMILES string of the molecule is CC(C)Cc1ccc(S(=O)(=O)NCCc2nc(-c3ccc(Cl)cc3)n[nH]2)cc1. The van der Waals surface area contributed by atoms with Crippen LogP contribution in [-0.4, -0.2) is 30.1 Å². The Bertz CT molecular complexity index is 1010. The summed E-state index contributed by atoms with van der Waals surface area (Å²) in [4.78, 5) is 4.66. The highest BCUT2D eigenvalue weighted by Crippen LogP contribution is 2.18. The summed E-state index contributed by atoms with van der Waals surface area (Å²) in [5.74, 6) is 1.69. The molecule has 1 heterocycles. The standard InChI is InChI=1S/C20H23ClN4O2S/c1-14(2)13-15-3-9-18(10-4-15)28(26,27)22-12-11-19-23-20(25-24-19)16-5-7-17(21)8-6-16/h3-10,14,22H,11-13H2,1-2H3,(H,23,24,25). The number of hydrogen-bond acceptors (Lipinski definition) is 4. The Kier molecular flexibility index (Phi) is 6.49. The number of sulfonamides is 1. The quantitative estimate of drug-likeness (QED) is 0.581. The number of hydrogen-bond donors (Lipinski definition) is 2. The van der Waals surface area contributed by atoms with E-state index in [0.717, 1.165) is 17.5 Å². The van der Waals surface area contributed by atoms with Crippen LogP contribution < -0.4 is 4.72 Å². The van der Waals surface area contributed by atoms with Gasteiger partial charge in [0.1, 0.15) is 5.82 Å². The van der Waals surface area contributed by atoms with Crippen LogP contribution in [0.5, 0.6) is 0 Å². The number of H-pyrrole nitrogens is 1. The van der Waals surface area contributed by atoms with Gasteiger partial charge in [-0.3, -0.25) is 5.10 Å². The molecule has 0 radical (unpaired) electrons. The molecule has 0 bridgehead atoms. The summed E-state index contributed by atoms with van der Waals surface area (Å²) < 4.78 is 27.5. The second-order valence-corrected chi connectivity index (χ2v) is 9.21. The van der Waals surface area contributed by atoms with Gasteiger partial charge in [-0.1, -0.05) is 37.6 Å². The van der Waals surface area contributed by atoms with Crippen molar-refractivity contribution in [1.82, 2.24) is 19.9 Å². The molecule has 3 rings (SSSR count). The van der Waals surface area contributed by atoms with Crippen LogP contribution >= 0.6 is 11.6 Å². The molecule has 28 heavy (non-hydrogen) atoms. The number of aromatic amines is 1. The average Bonchev–Trinajstić information content (AvgIpc) is 3.11. The first kappa shape index (κ1) is 20.5. The first-order chi connectivity index (χ1) is 13.3. The monoisotopic (exact) mass is 418 g/mol. The lowest BCUT2D eigenvalue weighted by Crippen LogP contribution is -2.26. The van der Waals surface area contributed by atoms with Crippen LogP contribution in [0, 0.1) is 5.92 Å². The number of halogens is 1. The van der Waals surface area contributed by atoms with Gasteiger partial charge < -0.3 is 0 Å². The summed E-state index contributed by atoms with van der Waals surface area (Å²) in [5, 5.41) is 7.65. The third kappa shape index (κ3) is 5.41. The molecule has 0 aliphatic carbocycles. The maximum absolute atomic E-state index is 12.4. The Hall–Kier alpha value is -2.22. The Morgan fingerprint density at radius 2 is 1.75 bits per heavy atom. The summed E-state index contributed by atoms with van der Waals surface area (Å²) in [6.07, 6.45) is 1.33. The van der Waals surface area contributed by atoms with Gasteiger partial charge in [-0.05, 0) is 54.3 Å². The molecule has 0 aliphatic heterocycles. The van der Waals surface area contributed by atoms with Gasteiger partial charge in [0.25, 0.3) is 0 Å². The van der Waals surface area contributed by atoms with Gasteiger partial charge in [-0.2, -0.15) is 5.10 Å². The largest absolute Gasteiger partial charge is 0.263 e. The molecule has 6 nitrogen and oxygen atoms in total. The molecular formula is C20H23ClN4O2S. The van der Waals surface area contributed by atoms with Gasteiger partial charge in [0.05, 0.1) is 4.90 Å². The molecule has 2 aromatic carbocycles. The summed E-state index contributed by atoms with van der Waals surface area (Å²) in [6, 6.07) is 14.2. The second kappa shape index (κ2) is 8.86. The van der Waals surface area contributed by atoms with Crippen molar-refractivity contribution in [3.05, 3.63) is 64.9 Å². The number of benzene rings is 2. The molecular weight excluding hydrogens is 396 g/mol. The van der Waals surface area contributed by atoms with Crippen molar-refractivity contribution in [3.8, 4) is 11.4 Å². The van der Waals surface area contributed by atoms with Gasteiger partial charge >= 0.3 is 0 Å². The maximum Gasteiger partial charge on any atom is 0.240 e. The Morgan fingerprint density at radius 3 is 2.39 bits per heavy atom. The van der Waals surface area contributed by atoms with Crippen molar-refractivity contribution in [1.29, 1.82) is 0 Å². The van der Waals surface area contributed by atoms with Crippen LogP contribution in [0.15, 0.2) is 53.4 Å². The van der Waals surface area contributed by atoms with Crippen LogP contribution in [0.3, 0.4) is 0 Å². The van der Waals surface area contributed by atoms with Crippen LogP contribution in [0.1, 0.15) is 25.2 Å². The van der Waals surface area contributed by atoms with E-state index < -0.39 is 10.0 Å². The van der Waals surface area contributed by atoms with Crippen molar-refractivity contribution in [2.45, 2.75) is 31.6 Å². The lowest BCUT2D eigenvalue weighted by Gasteiger charge is -2.08. The fraction of sp³-hybridized carbons (Fsp3) is 0.300. The van der Waals surface area contributed by atoms with E-state index in [-0.39, 0.29) is 11.4 Å². The highest BCUT2D eigenvalue weighted by Gasteiger charge is 2.14. The van der Waals surface area contributed by atoms with E-state index >= 15 is 0 Å². The number of rotatable bonds is 8. The van der Waals surface area contributed by atoms with E-state index in [1.807, 2.05) is 24.3 Å². The third-order valence-electron chi connectivity index (χ3n) is 4.17. The molecule has 0 spiro atoms. The summed E-state index contributed by atoms with van der Waals surface area (Å²) in [6.45, 7) is 4.49. The topological polar surface area (TPSA) is 87.7 Å². The van der Waals surface area contributed by atoms with Gasteiger partial charge in [0.2, 0.25) is 10.0 Å². The van der Waals surface area contributed by atoms with Crippen molar-refractivity contribution >= 4 is 21.6 Å². The Balaban J connectivity index is 1.57. The molecule has 148 valence electrons. The molecule has 0 fully saturated rings. The van der Waals surface area contributed by atoms with Crippen molar-refractivity contribution in [3.63, 3.8) is 0 Å². The minimum Gasteiger partial charge on any atom is -0.263 e. The predicted octanol–water partition coefficient (Wildman–Crippen LogP) is 3.84. The molecule has 0 aliphatic rings. The number of nitrogens with zero attached hydrogens (tertiary/aromatic N) is 2. The van der Waals surface area contributed by atoms with Crippen molar-refractivity contribution < 1.29 is 8.42 Å². The number of nitrogens with one attached hydrogen (secondary N) is 2. The maximum atomic E-state index is 12.4. The molecule has 0 saturated carbocycles. The molecule has 0 amide bonds. The van der Waals surface area contributed by atoms with Gasteiger partial charge in [-0.25, -0.2) is 18.1 Å². The summed E-state index contributed by atoms with van der Waals surface area (Å²) in [5.41, 5.74) is 1.97. The van der Waals surface area contributed by atoms with Crippen LogP contribution in [-0.2, 0) is 22.9 Å². The first-order valence-corrected chi connectivity index (χ1v) is 11.0. The Labute approximate surface area is 170 Å². The minimum atomic E-state index is -3.55. The summed E-state index contributed by atoms with van der Waals surface area (Å²) >= 11 is 5.88. The highest BCUT2D eigenvalue weighted by molar-refractivity contribution is 7.89. The predicted molar refractivity (Wildman–Crippen MR) is 111 cm³/mol. The zero-order valence-corrected chi connectivity index (χ0v) is 17.4. The highest BCUT2D eigenvalue weighted by atomic mass is 35.5. The van der Waals surface area contributed by atoms with E-state index in [0.29, 0.717) is 29.0 Å². The Morgan fingerprint density at radius 1 is 1.07 bits per heavy atom. The van der Waals surface area contributed by atoms with E-state index in [9.17, 15) is 8.42 Å². The second-order valence-electron chi connectivity index (χ2n) is 7.00. The van der Waals surface area contributed by atoms with Gasteiger partial charge in [0.15, 0.2) is 5.82 Å². The third-order valence-corrected chi connectivity index (χ3v) is 5.89. The zero-order valence-electron chi connectivity index (χ0n) is 15.8. The lowest BCUT2D eigenvalue weighted by atomic mass is 10.0. The normalized spacial score (nSPS) is 11.9. The van der Waals surface area contributed by atoms with Gasteiger partial charge in [-0.15, -0.1) is 0 Å². The van der Waals surface area contributed by atoms with Crippen molar-refractivity contribution in [2.24, 2.45) is 5.92 Å². The van der Waals surface area contributed by atoms with Crippen LogP contribution in [0.25, 0.3) is 11.4 Å². The minimum absolute atomic E-state index is 0.228. The number of aromatic nitrogens is 3. The molecule has 8 heteroatoms. The average molecular weight is 419 g/mol. The lowest BCUT2D eigenvalue weighted by molar-refractivity contribution is 0.580. The fourth-order valence-corrected chi connectivity index (χ4v) is 3.96. The van der Waals surface area contributed by atoms with Crippen molar-refractivity contribution in [2.75, 3.05) is 6.54 Å². The van der Waals surface area contributed by atoms with E-state index in [2.05, 4.69) is 33.8 Å². The molecule has 0 atom stereocenters. The first-order valence-electron chi connectivity index (χ1n) is 9.09. The molecule has 1 aromatic heterocycles. The van der Waals surface area contributed by atoms with E-state index in [4.69, 9.17) is 11.6 Å². The zero-order chi connectivity index (χ0) is 20.1. The molecule has 0 saturated heterocycles.